The Morgan fingerprint density at radius 3 is 2.52 bits per heavy atom. The molecule has 0 bridgehead atoms. The lowest BCUT2D eigenvalue weighted by Gasteiger charge is -2.45. The maximum atomic E-state index is 12.7. The Bertz CT molecular complexity index is 681. The molecular weight excluding hydrogens is 344 g/mol. The van der Waals surface area contributed by atoms with Gasteiger partial charge in [0.15, 0.2) is 0 Å². The number of likely N-dealkylation sites (tertiary alicyclic amines) is 1. The molecule has 2 saturated heterocycles. The molecule has 1 aromatic rings. The van der Waals surface area contributed by atoms with Gasteiger partial charge in [0.1, 0.15) is 6.61 Å². The minimum atomic E-state index is -0.584. The van der Waals surface area contributed by atoms with E-state index in [2.05, 4.69) is 4.90 Å². The summed E-state index contributed by atoms with van der Waals surface area (Å²) in [6.45, 7) is 3.25. The van der Waals surface area contributed by atoms with E-state index < -0.39 is 11.5 Å². The normalized spacial score (nSPS) is 25.1. The van der Waals surface area contributed by atoms with Gasteiger partial charge >= 0.3 is 5.97 Å². The first-order valence-corrected chi connectivity index (χ1v) is 9.92. The highest BCUT2D eigenvalue weighted by molar-refractivity contribution is 5.88. The molecule has 3 fully saturated rings. The summed E-state index contributed by atoms with van der Waals surface area (Å²) in [4.78, 5) is 33.7. The van der Waals surface area contributed by atoms with Gasteiger partial charge in [0.25, 0.3) is 0 Å². The predicted molar refractivity (Wildman–Crippen MR) is 99.3 cm³/mol. The molecule has 27 heavy (non-hydrogen) atoms. The zero-order valence-electron chi connectivity index (χ0n) is 15.9. The quantitative estimate of drug-likeness (QED) is 0.718. The van der Waals surface area contributed by atoms with Gasteiger partial charge in [0.2, 0.25) is 5.91 Å². The first kappa shape index (κ1) is 18.4. The number of benzene rings is 1. The summed E-state index contributed by atoms with van der Waals surface area (Å²) in [5, 5.41) is 1.52. The number of carbonyl (C=O) groups is 2. The van der Waals surface area contributed by atoms with Gasteiger partial charge in [0, 0.05) is 26.1 Å². The van der Waals surface area contributed by atoms with Crippen LogP contribution in [0.4, 0.5) is 0 Å². The summed E-state index contributed by atoms with van der Waals surface area (Å²) < 4.78 is 5.04. The Balaban J connectivity index is 1.50. The molecule has 1 aromatic carbocycles. The first-order valence-electron chi connectivity index (χ1n) is 9.92. The average molecular weight is 372 g/mol. The van der Waals surface area contributed by atoms with Gasteiger partial charge in [0.05, 0.1) is 18.6 Å². The number of ether oxygens (including phenoxy) is 1. The van der Waals surface area contributed by atoms with Crippen molar-refractivity contribution in [2.75, 3.05) is 26.7 Å². The zero-order valence-corrected chi connectivity index (χ0v) is 15.9. The molecule has 1 spiro atoms. The van der Waals surface area contributed by atoms with Crippen LogP contribution in [0.25, 0.3) is 0 Å². The van der Waals surface area contributed by atoms with Crippen molar-refractivity contribution in [3.8, 4) is 0 Å². The fourth-order valence-electron chi connectivity index (χ4n) is 4.54. The van der Waals surface area contributed by atoms with Gasteiger partial charge in [-0.3, -0.25) is 14.4 Å². The van der Waals surface area contributed by atoms with Gasteiger partial charge in [-0.2, -0.15) is 0 Å². The molecule has 1 atom stereocenters. The maximum absolute atomic E-state index is 12.7. The Kier molecular flexibility index (Phi) is 5.19. The summed E-state index contributed by atoms with van der Waals surface area (Å²) in [6.07, 6.45) is 4.33. The second-order valence-electron chi connectivity index (χ2n) is 8.07. The molecular formula is C21H28N2O4. The number of piperidine rings is 1. The number of esters is 1. The molecule has 0 aromatic heterocycles. The monoisotopic (exact) mass is 372 g/mol. The molecule has 146 valence electrons. The molecule has 2 aliphatic heterocycles. The van der Waals surface area contributed by atoms with Crippen molar-refractivity contribution in [3.63, 3.8) is 0 Å². The Morgan fingerprint density at radius 2 is 1.89 bits per heavy atom. The molecule has 1 saturated carbocycles. The number of carbonyl (C=O) groups excluding carboxylic acids is 2. The van der Waals surface area contributed by atoms with Crippen LogP contribution in [0.5, 0.6) is 0 Å². The highest BCUT2D eigenvalue weighted by Gasteiger charge is 2.58. The predicted octanol–water partition coefficient (Wildman–Crippen LogP) is 2.38. The topological polar surface area (TPSA) is 59.1 Å². The van der Waals surface area contributed by atoms with Crippen molar-refractivity contribution in [1.29, 1.82) is 0 Å². The summed E-state index contributed by atoms with van der Waals surface area (Å²) in [7, 11) is 1.40. The third-order valence-electron chi connectivity index (χ3n) is 6.28. The number of rotatable bonds is 6. The van der Waals surface area contributed by atoms with Gasteiger partial charge < -0.3 is 9.64 Å². The average Bonchev–Trinajstić information content (AvgIpc) is 3.47. The fourth-order valence-corrected chi connectivity index (χ4v) is 4.54. The van der Waals surface area contributed by atoms with E-state index in [0.717, 1.165) is 44.0 Å². The van der Waals surface area contributed by atoms with E-state index in [-0.39, 0.29) is 18.3 Å². The van der Waals surface area contributed by atoms with Crippen molar-refractivity contribution in [2.45, 2.75) is 44.2 Å². The van der Waals surface area contributed by atoms with Gasteiger partial charge in [-0.15, -0.1) is 0 Å². The molecule has 3 aliphatic rings. The second kappa shape index (κ2) is 7.60. The van der Waals surface area contributed by atoms with E-state index in [1.165, 1.54) is 25.0 Å². The van der Waals surface area contributed by atoms with Crippen molar-refractivity contribution < 1.29 is 19.2 Å². The summed E-state index contributed by atoms with van der Waals surface area (Å²) >= 11 is 0. The number of hydrogen-bond acceptors (Lipinski definition) is 5. The minimum Gasteiger partial charge on any atom is -0.469 e. The summed E-state index contributed by atoms with van der Waals surface area (Å²) in [5.74, 6) is -0.0262. The van der Waals surface area contributed by atoms with E-state index in [4.69, 9.17) is 9.57 Å². The molecule has 1 amide bonds. The SMILES string of the molecule is COC(=O)C1CC(=O)N(OCc2ccccc2)C12CCN(CC1CC1)CC2. The molecule has 4 rings (SSSR count). The van der Waals surface area contributed by atoms with E-state index in [1.54, 1.807) is 0 Å². The van der Waals surface area contributed by atoms with Crippen molar-refractivity contribution in [1.82, 2.24) is 9.96 Å². The molecule has 0 radical (unpaired) electrons. The lowest BCUT2D eigenvalue weighted by atomic mass is 9.77. The minimum absolute atomic E-state index is 0.114. The highest BCUT2D eigenvalue weighted by Crippen LogP contribution is 2.45. The lowest BCUT2D eigenvalue weighted by molar-refractivity contribution is -0.229. The van der Waals surface area contributed by atoms with Crippen molar-refractivity contribution in [3.05, 3.63) is 35.9 Å². The van der Waals surface area contributed by atoms with Crippen LogP contribution in [-0.2, 0) is 25.8 Å². The Labute approximate surface area is 160 Å². The van der Waals surface area contributed by atoms with Crippen LogP contribution in [-0.4, -0.2) is 54.1 Å². The Morgan fingerprint density at radius 1 is 1.19 bits per heavy atom. The number of hydroxylamine groups is 2. The molecule has 0 N–H and O–H groups in total. The third kappa shape index (κ3) is 3.73. The van der Waals surface area contributed by atoms with Crippen LogP contribution in [0.3, 0.4) is 0 Å². The molecule has 2 heterocycles. The van der Waals surface area contributed by atoms with E-state index in [1.807, 2.05) is 30.3 Å². The Hall–Kier alpha value is -1.92. The molecule has 1 unspecified atom stereocenters. The van der Waals surface area contributed by atoms with Crippen LogP contribution in [0.1, 0.15) is 37.7 Å². The molecule has 6 heteroatoms. The molecule has 6 nitrogen and oxygen atoms in total. The number of nitrogens with zero attached hydrogens (tertiary/aromatic N) is 2. The molecule has 1 aliphatic carbocycles. The van der Waals surface area contributed by atoms with Gasteiger partial charge in [-0.1, -0.05) is 30.3 Å². The fraction of sp³-hybridized carbons (Fsp3) is 0.619. The van der Waals surface area contributed by atoms with Crippen LogP contribution in [0.15, 0.2) is 30.3 Å². The van der Waals surface area contributed by atoms with E-state index >= 15 is 0 Å². The van der Waals surface area contributed by atoms with Crippen LogP contribution in [0.2, 0.25) is 0 Å². The lowest BCUT2D eigenvalue weighted by Crippen LogP contribution is -2.57. The van der Waals surface area contributed by atoms with E-state index in [9.17, 15) is 9.59 Å². The smallest absolute Gasteiger partial charge is 0.311 e. The third-order valence-corrected chi connectivity index (χ3v) is 6.28. The summed E-state index contributed by atoms with van der Waals surface area (Å²) in [5.41, 5.74) is 0.423. The number of hydrogen-bond donors (Lipinski definition) is 0. The maximum Gasteiger partial charge on any atom is 0.311 e. The largest absolute Gasteiger partial charge is 0.469 e. The van der Waals surface area contributed by atoms with E-state index in [0.29, 0.717) is 6.61 Å². The standard InChI is InChI=1S/C21H28N2O4/c1-26-20(25)18-13-19(24)23(27-15-17-5-3-2-4-6-17)21(18)9-11-22(12-10-21)14-16-7-8-16/h2-6,16,18H,7-15H2,1H3. The van der Waals surface area contributed by atoms with Crippen LogP contribution in [0, 0.1) is 11.8 Å². The number of methoxy groups -OCH3 is 1. The van der Waals surface area contributed by atoms with Gasteiger partial charge in [-0.05, 0) is 37.2 Å². The van der Waals surface area contributed by atoms with Crippen molar-refractivity contribution in [2.24, 2.45) is 11.8 Å². The second-order valence-corrected chi connectivity index (χ2v) is 8.07. The first-order chi connectivity index (χ1) is 13.1. The van der Waals surface area contributed by atoms with Crippen molar-refractivity contribution >= 4 is 11.9 Å². The highest BCUT2D eigenvalue weighted by atomic mass is 16.7. The van der Waals surface area contributed by atoms with Crippen LogP contribution >= 0.6 is 0 Å². The zero-order chi connectivity index (χ0) is 18.9. The number of amides is 1. The van der Waals surface area contributed by atoms with Gasteiger partial charge in [-0.25, -0.2) is 5.06 Å². The van der Waals surface area contributed by atoms with Crippen LogP contribution < -0.4 is 0 Å². The summed E-state index contributed by atoms with van der Waals surface area (Å²) in [6, 6.07) is 9.81.